The highest BCUT2D eigenvalue weighted by Gasteiger charge is 2.28. The fourth-order valence-corrected chi connectivity index (χ4v) is 3.02. The molecule has 0 aromatic rings. The van der Waals surface area contributed by atoms with Gasteiger partial charge in [0, 0.05) is 52.2 Å². The van der Waals surface area contributed by atoms with Crippen LogP contribution in [0.1, 0.15) is 25.7 Å². The number of carbonyl (C=O) groups is 2. The second kappa shape index (κ2) is 6.53. The number of hydrogen-bond acceptors (Lipinski definition) is 5. The molecule has 0 aliphatic carbocycles. The van der Waals surface area contributed by atoms with E-state index in [4.69, 9.17) is 4.74 Å². The first kappa shape index (κ1) is 14.5. The summed E-state index contributed by atoms with van der Waals surface area (Å²) in [5.74, 6) is -0.153. The molecule has 3 heterocycles. The van der Waals surface area contributed by atoms with Crippen LogP contribution in [0.3, 0.4) is 0 Å². The molecular formula is C14H22N4O3. The lowest BCUT2D eigenvalue weighted by Crippen LogP contribution is -2.52. The molecule has 2 fully saturated rings. The molecule has 1 atom stereocenters. The number of amides is 2. The Labute approximate surface area is 124 Å². The molecule has 0 bridgehead atoms. The number of hydrazone groups is 1. The summed E-state index contributed by atoms with van der Waals surface area (Å²) >= 11 is 0. The minimum Gasteiger partial charge on any atom is -0.377 e. The molecule has 116 valence electrons. The van der Waals surface area contributed by atoms with Gasteiger partial charge in [0.25, 0.3) is 5.91 Å². The molecule has 7 nitrogen and oxygen atoms in total. The third-order valence-corrected chi connectivity index (χ3v) is 4.30. The maximum Gasteiger partial charge on any atom is 0.270 e. The van der Waals surface area contributed by atoms with Gasteiger partial charge in [-0.1, -0.05) is 0 Å². The quantitative estimate of drug-likeness (QED) is 0.767. The monoisotopic (exact) mass is 294 g/mol. The molecule has 2 saturated heterocycles. The second-order valence-electron chi connectivity index (χ2n) is 5.82. The molecule has 0 radical (unpaired) electrons. The Kier molecular flexibility index (Phi) is 4.50. The summed E-state index contributed by atoms with van der Waals surface area (Å²) in [5, 5.41) is 3.88. The topological polar surface area (TPSA) is 74.2 Å². The first-order chi connectivity index (χ1) is 10.2. The molecule has 0 saturated carbocycles. The van der Waals surface area contributed by atoms with Crippen molar-refractivity contribution in [1.82, 2.24) is 15.2 Å². The van der Waals surface area contributed by atoms with Gasteiger partial charge in [-0.05, 0) is 12.8 Å². The average Bonchev–Trinajstić information content (AvgIpc) is 3.01. The van der Waals surface area contributed by atoms with Crippen molar-refractivity contribution in [1.29, 1.82) is 0 Å². The maximum absolute atomic E-state index is 12.3. The van der Waals surface area contributed by atoms with Gasteiger partial charge in [-0.25, -0.2) is 5.43 Å². The van der Waals surface area contributed by atoms with Gasteiger partial charge in [-0.3, -0.25) is 14.5 Å². The van der Waals surface area contributed by atoms with E-state index in [-0.39, 0.29) is 11.8 Å². The van der Waals surface area contributed by atoms with E-state index >= 15 is 0 Å². The van der Waals surface area contributed by atoms with E-state index in [0.717, 1.165) is 52.2 Å². The van der Waals surface area contributed by atoms with Crippen LogP contribution >= 0.6 is 0 Å². The highest BCUT2D eigenvalue weighted by molar-refractivity contribution is 6.39. The van der Waals surface area contributed by atoms with Crippen molar-refractivity contribution in [3.63, 3.8) is 0 Å². The number of nitrogens with zero attached hydrogens (tertiary/aromatic N) is 3. The molecule has 7 heteroatoms. The Bertz CT molecular complexity index is 438. The summed E-state index contributed by atoms with van der Waals surface area (Å²) < 4.78 is 5.65. The van der Waals surface area contributed by atoms with E-state index in [2.05, 4.69) is 15.4 Å². The Morgan fingerprint density at radius 2 is 2.10 bits per heavy atom. The summed E-state index contributed by atoms with van der Waals surface area (Å²) in [6.45, 7) is 5.06. The zero-order chi connectivity index (χ0) is 14.7. The van der Waals surface area contributed by atoms with E-state index in [1.807, 2.05) is 4.90 Å². The zero-order valence-electron chi connectivity index (χ0n) is 12.2. The minimum atomic E-state index is -0.118. The number of ether oxygens (including phenoxy) is 1. The Balaban J connectivity index is 1.46. The number of piperazine rings is 1. The summed E-state index contributed by atoms with van der Waals surface area (Å²) in [5.41, 5.74) is 2.86. The Morgan fingerprint density at radius 1 is 1.29 bits per heavy atom. The predicted molar refractivity (Wildman–Crippen MR) is 76.8 cm³/mol. The van der Waals surface area contributed by atoms with Crippen LogP contribution in [0.2, 0.25) is 0 Å². The van der Waals surface area contributed by atoms with Crippen LogP contribution < -0.4 is 5.43 Å². The fourth-order valence-electron chi connectivity index (χ4n) is 3.02. The highest BCUT2D eigenvalue weighted by Crippen LogP contribution is 2.15. The van der Waals surface area contributed by atoms with Crippen molar-refractivity contribution in [3.05, 3.63) is 0 Å². The van der Waals surface area contributed by atoms with Crippen LogP contribution in [-0.4, -0.2) is 72.8 Å². The predicted octanol–water partition coefficient (Wildman–Crippen LogP) is -0.424. The Hall–Kier alpha value is -1.47. The molecule has 21 heavy (non-hydrogen) atoms. The molecule has 1 unspecified atom stereocenters. The van der Waals surface area contributed by atoms with Crippen LogP contribution in [0.4, 0.5) is 0 Å². The van der Waals surface area contributed by atoms with Gasteiger partial charge < -0.3 is 9.64 Å². The van der Waals surface area contributed by atoms with Crippen molar-refractivity contribution in [2.45, 2.75) is 31.8 Å². The molecule has 3 aliphatic rings. The highest BCUT2D eigenvalue weighted by atomic mass is 16.5. The summed E-state index contributed by atoms with van der Waals surface area (Å²) in [6, 6.07) is 0. The van der Waals surface area contributed by atoms with E-state index in [1.54, 1.807) is 0 Å². The van der Waals surface area contributed by atoms with E-state index in [1.165, 1.54) is 0 Å². The molecule has 3 rings (SSSR count). The SMILES string of the molecule is O=C1CCC(C(=O)N2CCN(CC3CCCO3)CC2)=NN1. The van der Waals surface area contributed by atoms with Gasteiger partial charge in [0.15, 0.2) is 0 Å². The smallest absolute Gasteiger partial charge is 0.270 e. The van der Waals surface area contributed by atoms with Crippen LogP contribution in [0.15, 0.2) is 5.10 Å². The summed E-state index contributed by atoms with van der Waals surface area (Å²) in [7, 11) is 0. The zero-order valence-corrected chi connectivity index (χ0v) is 12.2. The Morgan fingerprint density at radius 3 is 2.71 bits per heavy atom. The number of nitrogens with one attached hydrogen (secondary N) is 1. The summed E-state index contributed by atoms with van der Waals surface area (Å²) in [6.07, 6.45) is 3.47. The molecule has 3 aliphatic heterocycles. The molecule has 2 amide bonds. The first-order valence-corrected chi connectivity index (χ1v) is 7.71. The molecule has 0 aromatic heterocycles. The van der Waals surface area contributed by atoms with E-state index in [0.29, 0.717) is 24.7 Å². The van der Waals surface area contributed by atoms with Gasteiger partial charge in [0.2, 0.25) is 5.91 Å². The summed E-state index contributed by atoms with van der Waals surface area (Å²) in [4.78, 5) is 27.6. The minimum absolute atomic E-state index is 0.0354. The third kappa shape index (κ3) is 3.59. The van der Waals surface area contributed by atoms with Crippen LogP contribution in [0, 0.1) is 0 Å². The van der Waals surface area contributed by atoms with Gasteiger partial charge in [0.1, 0.15) is 5.71 Å². The van der Waals surface area contributed by atoms with Crippen molar-refractivity contribution in [2.75, 3.05) is 39.3 Å². The number of rotatable bonds is 3. The number of hydrogen-bond donors (Lipinski definition) is 1. The normalized spacial score (nSPS) is 27.4. The standard InChI is InChI=1S/C14H22N4O3/c19-13-4-3-12(15-16-13)14(20)18-7-5-17(6-8-18)10-11-2-1-9-21-11/h11H,1-10H2,(H,16,19). The lowest BCUT2D eigenvalue weighted by molar-refractivity contribution is -0.126. The van der Waals surface area contributed by atoms with Crippen molar-refractivity contribution >= 4 is 17.5 Å². The largest absolute Gasteiger partial charge is 0.377 e. The molecule has 0 aromatic carbocycles. The fraction of sp³-hybridized carbons (Fsp3) is 0.786. The van der Waals surface area contributed by atoms with E-state index in [9.17, 15) is 9.59 Å². The third-order valence-electron chi connectivity index (χ3n) is 4.30. The van der Waals surface area contributed by atoms with Gasteiger partial charge in [-0.2, -0.15) is 5.10 Å². The first-order valence-electron chi connectivity index (χ1n) is 7.71. The molecular weight excluding hydrogens is 272 g/mol. The molecule has 0 spiro atoms. The van der Waals surface area contributed by atoms with Crippen LogP contribution in [-0.2, 0) is 14.3 Å². The van der Waals surface area contributed by atoms with Crippen LogP contribution in [0.25, 0.3) is 0 Å². The average molecular weight is 294 g/mol. The lowest BCUT2D eigenvalue weighted by Gasteiger charge is -2.36. The van der Waals surface area contributed by atoms with Gasteiger partial charge in [0.05, 0.1) is 6.10 Å². The van der Waals surface area contributed by atoms with E-state index < -0.39 is 0 Å². The second-order valence-corrected chi connectivity index (χ2v) is 5.82. The van der Waals surface area contributed by atoms with Crippen molar-refractivity contribution < 1.29 is 14.3 Å². The van der Waals surface area contributed by atoms with Crippen molar-refractivity contribution in [3.8, 4) is 0 Å². The maximum atomic E-state index is 12.3. The van der Waals surface area contributed by atoms with Gasteiger partial charge in [-0.15, -0.1) is 0 Å². The van der Waals surface area contributed by atoms with Crippen LogP contribution in [0.5, 0.6) is 0 Å². The van der Waals surface area contributed by atoms with Gasteiger partial charge >= 0.3 is 0 Å². The number of carbonyl (C=O) groups excluding carboxylic acids is 2. The van der Waals surface area contributed by atoms with Crippen molar-refractivity contribution in [2.24, 2.45) is 5.10 Å². The molecule has 1 N–H and O–H groups in total. The lowest BCUT2D eigenvalue weighted by atomic mass is 10.1.